The zero-order chi connectivity index (χ0) is 16.9. The summed E-state index contributed by atoms with van der Waals surface area (Å²) >= 11 is 0. The van der Waals surface area contributed by atoms with Crippen LogP contribution in [0.1, 0.15) is 0 Å². The molecule has 0 fully saturated rings. The highest BCUT2D eigenvalue weighted by Gasteiger charge is 2.33. The van der Waals surface area contributed by atoms with E-state index in [1.807, 2.05) is 0 Å². The van der Waals surface area contributed by atoms with Gasteiger partial charge in [0.05, 0.1) is 11.1 Å². The zero-order valence-electron chi connectivity index (χ0n) is 9.99. The van der Waals surface area contributed by atoms with E-state index in [2.05, 4.69) is 0 Å². The van der Waals surface area contributed by atoms with Gasteiger partial charge < -0.3 is 15.3 Å². The van der Waals surface area contributed by atoms with Gasteiger partial charge in [-0.3, -0.25) is 0 Å². The first kappa shape index (κ1) is 15.7. The summed E-state index contributed by atoms with van der Waals surface area (Å²) in [6.45, 7) is 0. The summed E-state index contributed by atoms with van der Waals surface area (Å²) in [7, 11) is 0. The second kappa shape index (κ2) is 4.97. The van der Waals surface area contributed by atoms with Gasteiger partial charge in [0, 0.05) is 0 Å². The number of hydrogen-bond acceptors (Lipinski definition) is 3. The Balaban J connectivity index is 3.03. The largest absolute Gasteiger partial charge is 0.503 e. The molecular formula is C12H3F7O3. The van der Waals surface area contributed by atoms with E-state index in [-0.39, 0.29) is 0 Å². The third-order valence-electron chi connectivity index (χ3n) is 2.76. The van der Waals surface area contributed by atoms with Crippen LogP contribution in [-0.4, -0.2) is 15.3 Å². The average Bonchev–Trinajstić information content (AvgIpc) is 2.50. The van der Waals surface area contributed by atoms with Crippen LogP contribution in [0.3, 0.4) is 0 Å². The molecule has 0 atom stereocenters. The molecule has 3 nitrogen and oxygen atoms in total. The zero-order valence-corrected chi connectivity index (χ0v) is 9.99. The molecule has 2 aromatic carbocycles. The van der Waals surface area contributed by atoms with Crippen LogP contribution in [-0.2, 0) is 0 Å². The normalized spacial score (nSPS) is 11.0. The van der Waals surface area contributed by atoms with Crippen molar-refractivity contribution in [1.82, 2.24) is 0 Å². The van der Waals surface area contributed by atoms with Crippen LogP contribution in [0.4, 0.5) is 30.7 Å². The first-order valence-corrected chi connectivity index (χ1v) is 5.24. The van der Waals surface area contributed by atoms with Gasteiger partial charge in [-0.05, 0) is 0 Å². The predicted octanol–water partition coefficient (Wildman–Crippen LogP) is 3.44. The second-order valence-corrected chi connectivity index (χ2v) is 3.99. The van der Waals surface area contributed by atoms with Crippen molar-refractivity contribution in [2.45, 2.75) is 0 Å². The van der Waals surface area contributed by atoms with Gasteiger partial charge in [0.1, 0.15) is 0 Å². The summed E-state index contributed by atoms with van der Waals surface area (Å²) in [4.78, 5) is 0. The Labute approximate surface area is 116 Å². The molecule has 0 saturated carbocycles. The number of aromatic hydroxyl groups is 3. The molecule has 22 heavy (non-hydrogen) atoms. The van der Waals surface area contributed by atoms with E-state index < -0.39 is 69.1 Å². The SMILES string of the molecule is Oc1c(O)c(F)c(-c2c(F)c(O)c(F)c(F)c2F)c(F)c1F. The Morgan fingerprint density at radius 2 is 0.682 bits per heavy atom. The monoisotopic (exact) mass is 328 g/mol. The van der Waals surface area contributed by atoms with Gasteiger partial charge in [0.25, 0.3) is 0 Å². The maximum absolute atomic E-state index is 13.7. The lowest BCUT2D eigenvalue weighted by atomic mass is 10.0. The van der Waals surface area contributed by atoms with Gasteiger partial charge in [0.15, 0.2) is 46.3 Å². The van der Waals surface area contributed by atoms with Crippen LogP contribution in [0.2, 0.25) is 0 Å². The second-order valence-electron chi connectivity index (χ2n) is 3.99. The molecule has 0 spiro atoms. The van der Waals surface area contributed by atoms with Crippen LogP contribution in [0.5, 0.6) is 17.2 Å². The fourth-order valence-corrected chi connectivity index (χ4v) is 1.70. The Morgan fingerprint density at radius 3 is 1.18 bits per heavy atom. The van der Waals surface area contributed by atoms with E-state index in [9.17, 15) is 30.7 Å². The Bertz CT molecular complexity index is 679. The molecule has 3 N–H and O–H groups in total. The minimum absolute atomic E-state index is 1.90. The van der Waals surface area contributed by atoms with Crippen LogP contribution in [0, 0.1) is 40.7 Å². The summed E-state index contributed by atoms with van der Waals surface area (Å²) in [5, 5.41) is 26.8. The fourth-order valence-electron chi connectivity index (χ4n) is 1.70. The smallest absolute Gasteiger partial charge is 0.206 e. The number of hydrogen-bond donors (Lipinski definition) is 3. The first-order chi connectivity index (χ1) is 10.1. The van der Waals surface area contributed by atoms with Crippen molar-refractivity contribution in [3.05, 3.63) is 40.7 Å². The lowest BCUT2D eigenvalue weighted by Crippen LogP contribution is -2.05. The maximum Gasteiger partial charge on any atom is 0.206 e. The van der Waals surface area contributed by atoms with Gasteiger partial charge in [-0.15, -0.1) is 0 Å². The topological polar surface area (TPSA) is 60.7 Å². The summed E-state index contributed by atoms with van der Waals surface area (Å²) in [5.74, 6) is -22.5. The molecule has 0 aromatic heterocycles. The molecule has 0 amide bonds. The van der Waals surface area contributed by atoms with Crippen LogP contribution in [0.25, 0.3) is 11.1 Å². The molecule has 0 aliphatic heterocycles. The van der Waals surface area contributed by atoms with Crippen molar-refractivity contribution in [2.75, 3.05) is 0 Å². The number of rotatable bonds is 1. The number of phenolic OH excluding ortho intramolecular Hbond substituents is 3. The molecule has 0 aliphatic carbocycles. The van der Waals surface area contributed by atoms with Crippen molar-refractivity contribution in [3.63, 3.8) is 0 Å². The molecule has 0 heterocycles. The summed E-state index contributed by atoms with van der Waals surface area (Å²) in [6, 6.07) is 0. The molecule has 0 saturated heterocycles. The maximum atomic E-state index is 13.7. The number of benzene rings is 2. The van der Waals surface area contributed by atoms with Gasteiger partial charge in [-0.1, -0.05) is 0 Å². The highest BCUT2D eigenvalue weighted by Crippen LogP contribution is 2.44. The van der Waals surface area contributed by atoms with Crippen LogP contribution < -0.4 is 0 Å². The third kappa shape index (κ3) is 1.90. The Hall–Kier alpha value is -2.65. The van der Waals surface area contributed by atoms with Crippen molar-refractivity contribution in [3.8, 4) is 28.4 Å². The molecule has 0 unspecified atom stereocenters. The van der Waals surface area contributed by atoms with Crippen LogP contribution in [0.15, 0.2) is 0 Å². The van der Waals surface area contributed by atoms with Crippen molar-refractivity contribution >= 4 is 0 Å². The summed E-state index contributed by atoms with van der Waals surface area (Å²) in [5.41, 5.74) is -3.97. The molecule has 118 valence electrons. The Morgan fingerprint density at radius 1 is 0.364 bits per heavy atom. The fraction of sp³-hybridized carbons (Fsp3) is 0. The third-order valence-corrected chi connectivity index (χ3v) is 2.76. The highest BCUT2D eigenvalue weighted by atomic mass is 19.2. The van der Waals surface area contributed by atoms with Gasteiger partial charge in [-0.25, -0.2) is 22.0 Å². The van der Waals surface area contributed by atoms with E-state index >= 15 is 0 Å². The predicted molar refractivity (Wildman–Crippen MR) is 56.6 cm³/mol. The van der Waals surface area contributed by atoms with Crippen molar-refractivity contribution in [1.29, 1.82) is 0 Å². The summed E-state index contributed by atoms with van der Waals surface area (Å²) in [6.07, 6.45) is 0. The molecule has 2 aromatic rings. The minimum Gasteiger partial charge on any atom is -0.503 e. The van der Waals surface area contributed by atoms with E-state index in [4.69, 9.17) is 15.3 Å². The quantitative estimate of drug-likeness (QED) is 0.325. The lowest BCUT2D eigenvalue weighted by molar-refractivity contribution is 0.343. The van der Waals surface area contributed by atoms with Gasteiger partial charge >= 0.3 is 0 Å². The minimum atomic E-state index is -2.49. The standard InChI is InChI=1S/C12H3F7O3/c13-3-1(5(15)10(20)9(19)7(3)17)2-4(14)8(18)12(22)11(21)6(2)16/h20-22H. The molecule has 0 aliphatic rings. The molecular weight excluding hydrogens is 325 g/mol. The molecule has 0 radical (unpaired) electrons. The van der Waals surface area contributed by atoms with Gasteiger partial charge in [-0.2, -0.15) is 8.78 Å². The van der Waals surface area contributed by atoms with E-state index in [1.165, 1.54) is 0 Å². The summed E-state index contributed by atoms with van der Waals surface area (Å²) < 4.78 is 93.7. The van der Waals surface area contributed by atoms with Crippen molar-refractivity contribution < 1.29 is 46.1 Å². The van der Waals surface area contributed by atoms with E-state index in [0.717, 1.165) is 0 Å². The lowest BCUT2D eigenvalue weighted by Gasteiger charge is -2.13. The molecule has 0 bridgehead atoms. The van der Waals surface area contributed by atoms with E-state index in [0.29, 0.717) is 0 Å². The highest BCUT2D eigenvalue weighted by molar-refractivity contribution is 5.72. The van der Waals surface area contributed by atoms with E-state index in [1.54, 1.807) is 0 Å². The average molecular weight is 328 g/mol. The first-order valence-electron chi connectivity index (χ1n) is 5.24. The Kier molecular flexibility index (Phi) is 3.55. The van der Waals surface area contributed by atoms with Crippen LogP contribution >= 0.6 is 0 Å². The molecule has 10 heteroatoms. The molecule has 2 rings (SSSR count). The number of halogens is 7. The van der Waals surface area contributed by atoms with Crippen molar-refractivity contribution in [2.24, 2.45) is 0 Å². The number of phenols is 3. The van der Waals surface area contributed by atoms with Gasteiger partial charge in [0.2, 0.25) is 11.6 Å².